The second kappa shape index (κ2) is 6.47. The van der Waals surface area contributed by atoms with E-state index in [0.29, 0.717) is 0 Å². The highest BCUT2D eigenvalue weighted by atomic mass is 15.3. The highest BCUT2D eigenvalue weighted by molar-refractivity contribution is 5.15. The smallest absolute Gasteiger partial charge is 0.0473 e. The lowest BCUT2D eigenvalue weighted by Crippen LogP contribution is -2.57. The van der Waals surface area contributed by atoms with Crippen molar-refractivity contribution in [2.75, 3.05) is 26.2 Å². The van der Waals surface area contributed by atoms with Crippen LogP contribution in [0, 0.1) is 0 Å². The van der Waals surface area contributed by atoms with Crippen LogP contribution >= 0.6 is 0 Å². The van der Waals surface area contributed by atoms with Gasteiger partial charge >= 0.3 is 0 Å². The number of benzene rings is 1. The van der Waals surface area contributed by atoms with Crippen molar-refractivity contribution in [1.29, 1.82) is 0 Å². The Morgan fingerprint density at radius 2 is 2.05 bits per heavy atom. The number of rotatable bonds is 5. The summed E-state index contributed by atoms with van der Waals surface area (Å²) >= 11 is 0. The fourth-order valence-corrected chi connectivity index (χ4v) is 4.32. The van der Waals surface area contributed by atoms with E-state index in [2.05, 4.69) is 47.1 Å². The van der Waals surface area contributed by atoms with Crippen LogP contribution in [-0.2, 0) is 6.54 Å². The summed E-state index contributed by atoms with van der Waals surface area (Å²) in [5, 5.41) is 0. The number of hydrogen-bond donors (Lipinski definition) is 1. The summed E-state index contributed by atoms with van der Waals surface area (Å²) < 4.78 is 0. The largest absolute Gasteiger partial charge is 0.329 e. The van der Waals surface area contributed by atoms with E-state index in [0.717, 1.165) is 25.7 Å². The molecule has 116 valence electrons. The second-order valence-electron chi connectivity index (χ2n) is 6.77. The molecule has 1 aromatic carbocycles. The number of hydrogen-bond acceptors (Lipinski definition) is 3. The molecular formula is C18H29N3. The highest BCUT2D eigenvalue weighted by Crippen LogP contribution is 2.35. The standard InChI is InChI=1S/C18H29N3/c1-2-17-9-6-11-21(17)18(14-19)10-12-20(15-18)13-16-7-4-3-5-8-16/h3-5,7-8,17H,2,6,9-15,19H2,1H3. The molecule has 0 spiro atoms. The van der Waals surface area contributed by atoms with Crippen molar-refractivity contribution in [1.82, 2.24) is 9.80 Å². The van der Waals surface area contributed by atoms with Crippen molar-refractivity contribution >= 4 is 0 Å². The van der Waals surface area contributed by atoms with Gasteiger partial charge in [-0.1, -0.05) is 37.3 Å². The predicted molar refractivity (Wildman–Crippen MR) is 88.1 cm³/mol. The van der Waals surface area contributed by atoms with Gasteiger partial charge in [0.25, 0.3) is 0 Å². The molecule has 0 radical (unpaired) electrons. The van der Waals surface area contributed by atoms with Crippen molar-refractivity contribution in [2.24, 2.45) is 5.73 Å². The molecule has 2 unspecified atom stereocenters. The first-order chi connectivity index (χ1) is 10.3. The molecule has 0 bridgehead atoms. The van der Waals surface area contributed by atoms with Gasteiger partial charge in [0.2, 0.25) is 0 Å². The number of likely N-dealkylation sites (tertiary alicyclic amines) is 2. The molecule has 2 fully saturated rings. The van der Waals surface area contributed by atoms with E-state index in [9.17, 15) is 0 Å². The SMILES string of the molecule is CCC1CCCN1C1(CN)CCN(Cc2ccccc2)C1. The number of nitrogens with zero attached hydrogens (tertiary/aromatic N) is 2. The molecule has 3 heteroatoms. The maximum atomic E-state index is 6.25. The zero-order valence-electron chi connectivity index (χ0n) is 13.3. The van der Waals surface area contributed by atoms with Gasteiger partial charge in [-0.3, -0.25) is 9.80 Å². The van der Waals surface area contributed by atoms with Crippen LogP contribution < -0.4 is 5.73 Å². The van der Waals surface area contributed by atoms with Gasteiger partial charge in [0, 0.05) is 37.8 Å². The third kappa shape index (κ3) is 3.01. The van der Waals surface area contributed by atoms with E-state index in [1.807, 2.05) is 0 Å². The summed E-state index contributed by atoms with van der Waals surface area (Å²) in [6.07, 6.45) is 5.20. The van der Waals surface area contributed by atoms with Crippen LogP contribution in [0.5, 0.6) is 0 Å². The van der Waals surface area contributed by atoms with Crippen LogP contribution in [0.25, 0.3) is 0 Å². The van der Waals surface area contributed by atoms with E-state index < -0.39 is 0 Å². The van der Waals surface area contributed by atoms with Crippen molar-refractivity contribution in [3.8, 4) is 0 Å². The Bertz CT molecular complexity index is 447. The van der Waals surface area contributed by atoms with Crippen molar-refractivity contribution < 1.29 is 0 Å². The minimum Gasteiger partial charge on any atom is -0.329 e. The second-order valence-corrected chi connectivity index (χ2v) is 6.77. The number of nitrogens with two attached hydrogens (primary N) is 1. The molecule has 3 nitrogen and oxygen atoms in total. The fraction of sp³-hybridized carbons (Fsp3) is 0.667. The van der Waals surface area contributed by atoms with Crippen LogP contribution in [0.3, 0.4) is 0 Å². The molecule has 21 heavy (non-hydrogen) atoms. The summed E-state index contributed by atoms with van der Waals surface area (Å²) in [7, 11) is 0. The Morgan fingerprint density at radius 1 is 1.24 bits per heavy atom. The fourth-order valence-electron chi connectivity index (χ4n) is 4.32. The van der Waals surface area contributed by atoms with Gasteiger partial charge in [0.05, 0.1) is 0 Å². The lowest BCUT2D eigenvalue weighted by atomic mass is 9.94. The average Bonchev–Trinajstić information content (AvgIpc) is 3.15. The third-order valence-corrected chi connectivity index (χ3v) is 5.50. The predicted octanol–water partition coefficient (Wildman–Crippen LogP) is 2.46. The third-order valence-electron chi connectivity index (χ3n) is 5.50. The first-order valence-corrected chi connectivity index (χ1v) is 8.50. The lowest BCUT2D eigenvalue weighted by molar-refractivity contribution is 0.0824. The molecule has 1 aromatic rings. The van der Waals surface area contributed by atoms with Gasteiger partial charge in [0.1, 0.15) is 0 Å². The van der Waals surface area contributed by atoms with Gasteiger partial charge in [0.15, 0.2) is 0 Å². The molecule has 2 saturated heterocycles. The summed E-state index contributed by atoms with van der Waals surface area (Å²) in [6, 6.07) is 11.6. The zero-order chi connectivity index (χ0) is 14.7. The minimum atomic E-state index is 0.228. The molecule has 2 heterocycles. The maximum Gasteiger partial charge on any atom is 0.0473 e. The summed E-state index contributed by atoms with van der Waals surface area (Å²) in [6.45, 7) is 7.74. The van der Waals surface area contributed by atoms with Gasteiger partial charge in [-0.2, -0.15) is 0 Å². The van der Waals surface area contributed by atoms with E-state index in [4.69, 9.17) is 5.73 Å². The molecular weight excluding hydrogens is 258 g/mol. The van der Waals surface area contributed by atoms with Crippen LogP contribution in [0.1, 0.15) is 38.2 Å². The molecule has 0 aromatic heterocycles. The molecule has 2 atom stereocenters. The van der Waals surface area contributed by atoms with Crippen molar-refractivity contribution in [2.45, 2.75) is 50.7 Å². The summed E-state index contributed by atoms with van der Waals surface area (Å²) in [5.74, 6) is 0. The normalized spacial score (nSPS) is 31.0. The van der Waals surface area contributed by atoms with Gasteiger partial charge in [-0.15, -0.1) is 0 Å². The Labute approximate surface area is 129 Å². The Balaban J connectivity index is 1.68. The quantitative estimate of drug-likeness (QED) is 0.903. The van der Waals surface area contributed by atoms with Crippen LogP contribution in [-0.4, -0.2) is 47.6 Å². The Hall–Kier alpha value is -0.900. The molecule has 3 rings (SSSR count). The Kier molecular flexibility index (Phi) is 4.63. The maximum absolute atomic E-state index is 6.25. The van der Waals surface area contributed by atoms with E-state index in [1.54, 1.807) is 0 Å². The Morgan fingerprint density at radius 3 is 2.76 bits per heavy atom. The topological polar surface area (TPSA) is 32.5 Å². The minimum absolute atomic E-state index is 0.228. The van der Waals surface area contributed by atoms with E-state index >= 15 is 0 Å². The van der Waals surface area contributed by atoms with E-state index in [-0.39, 0.29) is 5.54 Å². The van der Waals surface area contributed by atoms with Crippen LogP contribution in [0.15, 0.2) is 30.3 Å². The van der Waals surface area contributed by atoms with Crippen LogP contribution in [0.2, 0.25) is 0 Å². The first-order valence-electron chi connectivity index (χ1n) is 8.50. The monoisotopic (exact) mass is 287 g/mol. The molecule has 2 N–H and O–H groups in total. The molecule has 0 aliphatic carbocycles. The van der Waals surface area contributed by atoms with E-state index in [1.165, 1.54) is 44.3 Å². The van der Waals surface area contributed by atoms with Crippen molar-refractivity contribution in [3.05, 3.63) is 35.9 Å². The molecule has 0 saturated carbocycles. The summed E-state index contributed by atoms with van der Waals surface area (Å²) in [5.41, 5.74) is 7.90. The summed E-state index contributed by atoms with van der Waals surface area (Å²) in [4.78, 5) is 5.34. The van der Waals surface area contributed by atoms with Gasteiger partial charge in [-0.25, -0.2) is 0 Å². The van der Waals surface area contributed by atoms with Gasteiger partial charge < -0.3 is 5.73 Å². The van der Waals surface area contributed by atoms with Crippen LogP contribution in [0.4, 0.5) is 0 Å². The lowest BCUT2D eigenvalue weighted by Gasteiger charge is -2.41. The molecule has 2 aliphatic rings. The highest BCUT2D eigenvalue weighted by Gasteiger charge is 2.45. The van der Waals surface area contributed by atoms with Crippen molar-refractivity contribution in [3.63, 3.8) is 0 Å². The molecule has 2 aliphatic heterocycles. The average molecular weight is 287 g/mol. The van der Waals surface area contributed by atoms with Gasteiger partial charge in [-0.05, 0) is 37.8 Å². The molecule has 0 amide bonds. The first kappa shape index (κ1) is 15.0. The zero-order valence-corrected chi connectivity index (χ0v) is 13.3.